The summed E-state index contributed by atoms with van der Waals surface area (Å²) in [5.41, 5.74) is 0.188. The van der Waals surface area contributed by atoms with Gasteiger partial charge in [-0.2, -0.15) is 0 Å². The summed E-state index contributed by atoms with van der Waals surface area (Å²) in [5.74, 6) is -0.488. The van der Waals surface area contributed by atoms with Crippen molar-refractivity contribution in [1.29, 1.82) is 0 Å². The second-order valence-electron chi connectivity index (χ2n) is 3.19. The zero-order valence-electron chi connectivity index (χ0n) is 8.10. The van der Waals surface area contributed by atoms with Crippen LogP contribution < -0.4 is 0 Å². The van der Waals surface area contributed by atoms with Crippen LogP contribution in [0.4, 0.5) is 0 Å². The summed E-state index contributed by atoms with van der Waals surface area (Å²) in [6.45, 7) is 1.89. The predicted octanol–water partition coefficient (Wildman–Crippen LogP) is 1.74. The number of aliphatic hydroxyl groups is 1. The lowest BCUT2D eigenvalue weighted by molar-refractivity contribution is 0.0726. The number of carbonyl (C=O) groups excluding carboxylic acids is 1. The Hall–Kier alpha value is -1.35. The maximum atomic E-state index is 11.5. The molecule has 0 aliphatic carbocycles. The minimum atomic E-state index is -1.01. The Bertz CT molecular complexity index is 320. The van der Waals surface area contributed by atoms with Gasteiger partial charge in [-0.15, -0.1) is 0 Å². The first-order valence-electron chi connectivity index (χ1n) is 4.67. The predicted molar refractivity (Wildman–Crippen MR) is 53.4 cm³/mol. The van der Waals surface area contributed by atoms with Crippen molar-refractivity contribution in [3.8, 4) is 5.75 Å². The fourth-order valence-electron chi connectivity index (χ4n) is 1.27. The molecule has 0 fully saturated rings. The molecule has 3 heteroatoms. The molecule has 2 N–H and O–H groups in total. The van der Waals surface area contributed by atoms with Crippen molar-refractivity contribution in [2.75, 3.05) is 0 Å². The average Bonchev–Trinajstić information content (AvgIpc) is 2.18. The summed E-state index contributed by atoms with van der Waals surface area (Å²) in [7, 11) is 0. The molecule has 1 aromatic carbocycles. The zero-order chi connectivity index (χ0) is 10.6. The highest BCUT2D eigenvalue weighted by Crippen LogP contribution is 2.18. The molecule has 1 atom stereocenters. The first-order chi connectivity index (χ1) is 6.66. The molecule has 0 radical (unpaired) electrons. The van der Waals surface area contributed by atoms with Crippen LogP contribution in [-0.4, -0.2) is 22.1 Å². The van der Waals surface area contributed by atoms with Gasteiger partial charge in [0.05, 0.1) is 5.56 Å². The van der Waals surface area contributed by atoms with Crippen LogP contribution in [0.1, 0.15) is 30.1 Å². The summed E-state index contributed by atoms with van der Waals surface area (Å²) >= 11 is 0. The van der Waals surface area contributed by atoms with Crippen LogP contribution in [0, 0.1) is 0 Å². The monoisotopic (exact) mass is 194 g/mol. The van der Waals surface area contributed by atoms with Crippen molar-refractivity contribution in [2.45, 2.75) is 25.9 Å². The molecule has 0 bridgehead atoms. The molecule has 1 aromatic rings. The van der Waals surface area contributed by atoms with E-state index in [1.165, 1.54) is 12.1 Å². The molecule has 0 amide bonds. The van der Waals surface area contributed by atoms with Crippen LogP contribution >= 0.6 is 0 Å². The van der Waals surface area contributed by atoms with Gasteiger partial charge in [-0.3, -0.25) is 4.79 Å². The Labute approximate surface area is 83.0 Å². The largest absolute Gasteiger partial charge is 0.507 e. The summed E-state index contributed by atoms with van der Waals surface area (Å²) in [4.78, 5) is 11.5. The molecule has 0 saturated carbocycles. The summed E-state index contributed by atoms with van der Waals surface area (Å²) < 4.78 is 0. The number of rotatable bonds is 4. The second kappa shape index (κ2) is 4.77. The normalized spacial score (nSPS) is 12.4. The van der Waals surface area contributed by atoms with E-state index in [0.29, 0.717) is 6.42 Å². The number of benzene rings is 1. The minimum absolute atomic E-state index is 0.0762. The molecule has 76 valence electrons. The second-order valence-corrected chi connectivity index (χ2v) is 3.19. The highest BCUT2D eigenvalue weighted by Gasteiger charge is 2.18. The zero-order valence-corrected chi connectivity index (χ0v) is 8.10. The number of aromatic hydroxyl groups is 1. The van der Waals surface area contributed by atoms with E-state index in [9.17, 15) is 15.0 Å². The molecule has 1 unspecified atom stereocenters. The van der Waals surface area contributed by atoms with Crippen LogP contribution in [0.2, 0.25) is 0 Å². The maximum Gasteiger partial charge on any atom is 0.194 e. The van der Waals surface area contributed by atoms with Gasteiger partial charge in [0.25, 0.3) is 0 Å². The molecule has 0 aliphatic rings. The van der Waals surface area contributed by atoms with E-state index >= 15 is 0 Å². The van der Waals surface area contributed by atoms with Gasteiger partial charge in [0.2, 0.25) is 0 Å². The lowest BCUT2D eigenvalue weighted by atomic mass is 10.0. The molecular weight excluding hydrogens is 180 g/mol. The van der Waals surface area contributed by atoms with Crippen LogP contribution in [0.15, 0.2) is 24.3 Å². The number of phenols is 1. The third-order valence-corrected chi connectivity index (χ3v) is 2.03. The molecule has 0 saturated heterocycles. The van der Waals surface area contributed by atoms with E-state index < -0.39 is 11.9 Å². The fraction of sp³-hybridized carbons (Fsp3) is 0.364. The van der Waals surface area contributed by atoms with Crippen LogP contribution in [0.5, 0.6) is 5.75 Å². The van der Waals surface area contributed by atoms with E-state index in [-0.39, 0.29) is 11.3 Å². The molecule has 0 heterocycles. The molecule has 3 nitrogen and oxygen atoms in total. The van der Waals surface area contributed by atoms with Crippen LogP contribution in [-0.2, 0) is 0 Å². The summed E-state index contributed by atoms with van der Waals surface area (Å²) in [6, 6.07) is 6.24. The standard InChI is InChI=1S/C11H14O3/c1-2-5-10(13)11(14)8-6-3-4-7-9(8)12/h3-4,6-7,10,12-13H,2,5H2,1H3. The Morgan fingerprint density at radius 3 is 2.64 bits per heavy atom. The van der Waals surface area contributed by atoms with E-state index in [4.69, 9.17) is 0 Å². The Morgan fingerprint density at radius 2 is 2.07 bits per heavy atom. The van der Waals surface area contributed by atoms with Crippen molar-refractivity contribution in [3.63, 3.8) is 0 Å². The summed E-state index contributed by atoms with van der Waals surface area (Å²) in [6.07, 6.45) is 0.154. The first kappa shape index (κ1) is 10.7. The molecular formula is C11H14O3. The smallest absolute Gasteiger partial charge is 0.194 e. The Balaban J connectivity index is 2.84. The van der Waals surface area contributed by atoms with E-state index in [2.05, 4.69) is 0 Å². The maximum absolute atomic E-state index is 11.5. The number of phenolic OH excluding ortho intramolecular Hbond substituents is 1. The van der Waals surface area contributed by atoms with Gasteiger partial charge in [-0.25, -0.2) is 0 Å². The van der Waals surface area contributed by atoms with Gasteiger partial charge in [0.15, 0.2) is 5.78 Å². The third-order valence-electron chi connectivity index (χ3n) is 2.03. The first-order valence-corrected chi connectivity index (χ1v) is 4.67. The molecule has 0 aliphatic heterocycles. The Kier molecular flexibility index (Phi) is 3.65. The quantitative estimate of drug-likeness (QED) is 0.718. The number of hydrogen-bond donors (Lipinski definition) is 2. The Morgan fingerprint density at radius 1 is 1.43 bits per heavy atom. The van der Waals surface area contributed by atoms with Gasteiger partial charge in [-0.05, 0) is 18.6 Å². The molecule has 0 spiro atoms. The van der Waals surface area contributed by atoms with E-state index in [1.807, 2.05) is 6.92 Å². The molecule has 0 aromatic heterocycles. The van der Waals surface area contributed by atoms with Crippen molar-refractivity contribution >= 4 is 5.78 Å². The van der Waals surface area contributed by atoms with Crippen molar-refractivity contribution in [2.24, 2.45) is 0 Å². The molecule has 1 rings (SSSR count). The lowest BCUT2D eigenvalue weighted by Crippen LogP contribution is -2.20. The number of para-hydroxylation sites is 1. The van der Waals surface area contributed by atoms with Crippen molar-refractivity contribution in [1.82, 2.24) is 0 Å². The van der Waals surface area contributed by atoms with Crippen molar-refractivity contribution < 1.29 is 15.0 Å². The van der Waals surface area contributed by atoms with Gasteiger partial charge in [0.1, 0.15) is 11.9 Å². The van der Waals surface area contributed by atoms with Gasteiger partial charge >= 0.3 is 0 Å². The highest BCUT2D eigenvalue weighted by atomic mass is 16.3. The number of carbonyl (C=O) groups is 1. The molecule has 14 heavy (non-hydrogen) atoms. The van der Waals surface area contributed by atoms with Crippen LogP contribution in [0.3, 0.4) is 0 Å². The van der Waals surface area contributed by atoms with E-state index in [0.717, 1.165) is 6.42 Å². The minimum Gasteiger partial charge on any atom is -0.507 e. The highest BCUT2D eigenvalue weighted by molar-refractivity contribution is 6.01. The van der Waals surface area contributed by atoms with Gasteiger partial charge in [0, 0.05) is 0 Å². The fourth-order valence-corrected chi connectivity index (χ4v) is 1.27. The van der Waals surface area contributed by atoms with Gasteiger partial charge in [-0.1, -0.05) is 25.5 Å². The van der Waals surface area contributed by atoms with E-state index in [1.54, 1.807) is 12.1 Å². The SMILES string of the molecule is CCCC(O)C(=O)c1ccccc1O. The summed E-state index contributed by atoms with van der Waals surface area (Å²) in [5, 5.41) is 18.8. The van der Waals surface area contributed by atoms with Crippen LogP contribution in [0.25, 0.3) is 0 Å². The van der Waals surface area contributed by atoms with Crippen molar-refractivity contribution in [3.05, 3.63) is 29.8 Å². The third kappa shape index (κ3) is 2.33. The lowest BCUT2D eigenvalue weighted by Gasteiger charge is -2.08. The average molecular weight is 194 g/mol. The topological polar surface area (TPSA) is 57.5 Å². The number of ketones is 1. The number of hydrogen-bond acceptors (Lipinski definition) is 3. The number of aliphatic hydroxyl groups excluding tert-OH is 1. The number of Topliss-reactive ketones (excluding diaryl/α,β-unsaturated/α-hetero) is 1. The van der Waals surface area contributed by atoms with Gasteiger partial charge < -0.3 is 10.2 Å².